The summed E-state index contributed by atoms with van der Waals surface area (Å²) in [6, 6.07) is 3.68. The molecule has 0 unspecified atom stereocenters. The summed E-state index contributed by atoms with van der Waals surface area (Å²) >= 11 is 0. The van der Waals surface area contributed by atoms with Crippen molar-refractivity contribution in [1.82, 2.24) is 20.0 Å². The van der Waals surface area contributed by atoms with Crippen LogP contribution in [-0.2, 0) is 17.7 Å². The third kappa shape index (κ3) is 3.16. The number of esters is 1. The van der Waals surface area contributed by atoms with Crippen molar-refractivity contribution in [2.75, 3.05) is 20.8 Å². The van der Waals surface area contributed by atoms with Crippen molar-refractivity contribution in [3.63, 3.8) is 0 Å². The van der Waals surface area contributed by atoms with Crippen molar-refractivity contribution in [2.24, 2.45) is 5.73 Å². The summed E-state index contributed by atoms with van der Waals surface area (Å²) in [4.78, 5) is 15.8. The number of nitrogens with zero attached hydrogens (tertiary/aromatic N) is 4. The van der Waals surface area contributed by atoms with Gasteiger partial charge < -0.3 is 15.2 Å². The summed E-state index contributed by atoms with van der Waals surface area (Å²) in [5.74, 6) is -0.0193. The predicted molar refractivity (Wildman–Crippen MR) is 74.0 cm³/mol. The zero-order valence-electron chi connectivity index (χ0n) is 11.9. The molecule has 0 aromatic carbocycles. The number of carbonyl (C=O) groups excluding carboxylic acids is 1. The van der Waals surface area contributed by atoms with Crippen LogP contribution in [0.25, 0.3) is 0 Å². The minimum absolute atomic E-state index is 0.186. The molecule has 2 rings (SSSR count). The van der Waals surface area contributed by atoms with Crippen LogP contribution in [0.4, 0.5) is 0 Å². The number of aromatic nitrogens is 4. The van der Waals surface area contributed by atoms with Crippen LogP contribution >= 0.6 is 0 Å². The molecule has 0 bridgehead atoms. The third-order valence-electron chi connectivity index (χ3n) is 2.96. The van der Waals surface area contributed by atoms with Gasteiger partial charge in [-0.2, -0.15) is 0 Å². The predicted octanol–water partition coefficient (Wildman–Crippen LogP) is 0.0178. The molecule has 0 amide bonds. The molecule has 2 aromatic rings. The summed E-state index contributed by atoms with van der Waals surface area (Å²) < 4.78 is 11.5. The summed E-state index contributed by atoms with van der Waals surface area (Å²) in [5, 5.41) is 7.88. The van der Waals surface area contributed by atoms with E-state index < -0.39 is 5.97 Å². The molecule has 2 N–H and O–H groups in total. The minimum Gasteiger partial charge on any atom is -0.481 e. The molecular formula is C13H17N5O3. The Kier molecular flexibility index (Phi) is 4.83. The normalized spacial score (nSPS) is 10.4. The van der Waals surface area contributed by atoms with E-state index in [0.29, 0.717) is 31.1 Å². The van der Waals surface area contributed by atoms with Crippen LogP contribution in [0, 0.1) is 0 Å². The second kappa shape index (κ2) is 6.80. The second-order valence-electron chi connectivity index (χ2n) is 4.24. The highest BCUT2D eigenvalue weighted by atomic mass is 16.5. The number of nitrogens with two attached hydrogens (primary N) is 1. The first-order valence-electron chi connectivity index (χ1n) is 6.39. The lowest BCUT2D eigenvalue weighted by molar-refractivity contribution is 0.0592. The van der Waals surface area contributed by atoms with Crippen molar-refractivity contribution >= 4 is 5.97 Å². The van der Waals surface area contributed by atoms with E-state index in [4.69, 9.17) is 15.2 Å². The molecule has 112 valence electrons. The number of carbonyl (C=O) groups is 1. The van der Waals surface area contributed by atoms with Gasteiger partial charge in [0.2, 0.25) is 5.88 Å². The third-order valence-corrected chi connectivity index (χ3v) is 2.96. The van der Waals surface area contributed by atoms with E-state index >= 15 is 0 Å². The maximum Gasteiger partial charge on any atom is 0.360 e. The molecule has 0 aliphatic rings. The monoisotopic (exact) mass is 291 g/mol. The molecule has 2 heterocycles. The molecular weight excluding hydrogens is 274 g/mol. The van der Waals surface area contributed by atoms with Crippen LogP contribution in [0.5, 0.6) is 5.88 Å². The number of hydrogen-bond acceptors (Lipinski definition) is 7. The van der Waals surface area contributed by atoms with Gasteiger partial charge >= 0.3 is 5.97 Å². The Morgan fingerprint density at radius 2 is 2.24 bits per heavy atom. The lowest BCUT2D eigenvalue weighted by Gasteiger charge is -2.09. The van der Waals surface area contributed by atoms with E-state index in [1.165, 1.54) is 7.11 Å². The molecule has 0 saturated heterocycles. The summed E-state index contributed by atoms with van der Waals surface area (Å²) in [5.41, 5.74) is 7.24. The Morgan fingerprint density at radius 3 is 2.90 bits per heavy atom. The molecule has 2 aromatic heterocycles. The lowest BCUT2D eigenvalue weighted by Crippen LogP contribution is -2.15. The highest BCUT2D eigenvalue weighted by Gasteiger charge is 2.20. The Labute approximate surface area is 121 Å². The molecule has 0 spiro atoms. The molecule has 8 heteroatoms. The molecule has 0 radical (unpaired) electrons. The van der Waals surface area contributed by atoms with Crippen molar-refractivity contribution in [2.45, 2.75) is 13.0 Å². The standard InChI is InChI=1S/C13H17N5O3/c1-20-12-9(4-3-7-15-12)8-18-10(5-6-14)11(16-17-18)13(19)21-2/h3-4,7H,5-6,8,14H2,1-2H3. The van der Waals surface area contributed by atoms with Gasteiger partial charge in [0.25, 0.3) is 0 Å². The molecule has 0 atom stereocenters. The largest absolute Gasteiger partial charge is 0.481 e. The summed E-state index contributed by atoms with van der Waals surface area (Å²) in [7, 11) is 2.85. The molecule has 0 aliphatic carbocycles. The first kappa shape index (κ1) is 14.9. The SMILES string of the molecule is COC(=O)c1nnn(Cc2cccnc2OC)c1CCN. The van der Waals surface area contributed by atoms with Crippen LogP contribution in [0.15, 0.2) is 18.3 Å². The van der Waals surface area contributed by atoms with Crippen LogP contribution in [0.2, 0.25) is 0 Å². The highest BCUT2D eigenvalue weighted by Crippen LogP contribution is 2.17. The summed E-state index contributed by atoms with van der Waals surface area (Å²) in [6.45, 7) is 0.762. The van der Waals surface area contributed by atoms with Crippen molar-refractivity contribution in [1.29, 1.82) is 0 Å². The first-order valence-corrected chi connectivity index (χ1v) is 6.39. The number of pyridine rings is 1. The molecule has 0 saturated carbocycles. The van der Waals surface area contributed by atoms with Gasteiger partial charge in [-0.25, -0.2) is 14.5 Å². The maximum absolute atomic E-state index is 11.7. The van der Waals surface area contributed by atoms with E-state index in [-0.39, 0.29) is 5.69 Å². The first-order chi connectivity index (χ1) is 10.2. The second-order valence-corrected chi connectivity index (χ2v) is 4.24. The van der Waals surface area contributed by atoms with E-state index in [1.807, 2.05) is 6.07 Å². The Hall–Kier alpha value is -2.48. The topological polar surface area (TPSA) is 105 Å². The number of ether oxygens (including phenoxy) is 2. The fourth-order valence-electron chi connectivity index (χ4n) is 1.99. The van der Waals surface area contributed by atoms with Gasteiger partial charge in [0.05, 0.1) is 26.5 Å². The van der Waals surface area contributed by atoms with Crippen LogP contribution < -0.4 is 10.5 Å². The highest BCUT2D eigenvalue weighted by molar-refractivity contribution is 5.88. The van der Waals surface area contributed by atoms with Crippen LogP contribution in [-0.4, -0.2) is 46.7 Å². The van der Waals surface area contributed by atoms with Crippen LogP contribution in [0.3, 0.4) is 0 Å². The minimum atomic E-state index is -0.525. The van der Waals surface area contributed by atoms with Crippen molar-refractivity contribution < 1.29 is 14.3 Å². The quantitative estimate of drug-likeness (QED) is 0.748. The van der Waals surface area contributed by atoms with Gasteiger partial charge in [-0.05, 0) is 12.6 Å². The maximum atomic E-state index is 11.7. The molecule has 0 aliphatic heterocycles. The van der Waals surface area contributed by atoms with E-state index in [2.05, 4.69) is 15.3 Å². The van der Waals surface area contributed by atoms with Gasteiger partial charge in [0.1, 0.15) is 0 Å². The van der Waals surface area contributed by atoms with E-state index in [9.17, 15) is 4.79 Å². The zero-order chi connectivity index (χ0) is 15.2. The number of methoxy groups -OCH3 is 2. The van der Waals surface area contributed by atoms with Crippen molar-refractivity contribution in [3.05, 3.63) is 35.3 Å². The average molecular weight is 291 g/mol. The molecule has 21 heavy (non-hydrogen) atoms. The molecule has 0 fully saturated rings. The fraction of sp³-hybridized carbons (Fsp3) is 0.385. The number of rotatable bonds is 6. The Morgan fingerprint density at radius 1 is 1.43 bits per heavy atom. The van der Waals surface area contributed by atoms with Gasteiger partial charge in [0.15, 0.2) is 5.69 Å². The fourth-order valence-corrected chi connectivity index (χ4v) is 1.99. The zero-order valence-corrected chi connectivity index (χ0v) is 11.9. The van der Waals surface area contributed by atoms with Gasteiger partial charge in [-0.15, -0.1) is 5.10 Å². The van der Waals surface area contributed by atoms with Gasteiger partial charge in [-0.3, -0.25) is 0 Å². The van der Waals surface area contributed by atoms with Gasteiger partial charge in [0, 0.05) is 18.2 Å². The lowest BCUT2D eigenvalue weighted by atomic mass is 10.2. The van der Waals surface area contributed by atoms with E-state index in [0.717, 1.165) is 5.56 Å². The Balaban J connectivity index is 2.35. The molecule has 8 nitrogen and oxygen atoms in total. The average Bonchev–Trinajstić information content (AvgIpc) is 2.90. The van der Waals surface area contributed by atoms with Gasteiger partial charge in [-0.1, -0.05) is 11.3 Å². The Bertz CT molecular complexity index is 626. The van der Waals surface area contributed by atoms with E-state index in [1.54, 1.807) is 24.1 Å². The van der Waals surface area contributed by atoms with Crippen LogP contribution in [0.1, 0.15) is 21.7 Å². The van der Waals surface area contributed by atoms with Crippen molar-refractivity contribution in [3.8, 4) is 5.88 Å². The smallest absolute Gasteiger partial charge is 0.360 e. The summed E-state index contributed by atoms with van der Waals surface area (Å²) in [6.07, 6.45) is 2.12. The number of hydrogen-bond donors (Lipinski definition) is 1.